The number of carbonyl (C=O) groups excluding carboxylic acids is 2. The van der Waals surface area contributed by atoms with E-state index >= 15 is 0 Å². The van der Waals surface area contributed by atoms with E-state index in [1.807, 2.05) is 0 Å². The zero-order valence-corrected chi connectivity index (χ0v) is 17.7. The zero-order valence-electron chi connectivity index (χ0n) is 17.7. The normalized spacial score (nSPS) is 19.6. The smallest absolute Gasteiger partial charge is 0.375 e. The number of phenolic OH excluding ortho intramolecular Hbond substituents is 2. The van der Waals surface area contributed by atoms with Gasteiger partial charge in [0.25, 0.3) is 0 Å². The SMILES string of the molecule is COC(=O)[C@]1(Cc2ccc(O)c([C@@H](O)C(C)(C)O)c2)OC(=O)C(O)=C1c1ccc(O)cc1. The van der Waals surface area contributed by atoms with Crippen molar-refractivity contribution in [3.05, 3.63) is 64.9 Å². The van der Waals surface area contributed by atoms with Gasteiger partial charge in [-0.15, -0.1) is 0 Å². The first-order chi connectivity index (χ1) is 14.9. The van der Waals surface area contributed by atoms with Gasteiger partial charge in [-0.3, -0.25) is 0 Å². The molecule has 0 spiro atoms. The van der Waals surface area contributed by atoms with Crippen LogP contribution in [-0.2, 0) is 25.5 Å². The number of benzene rings is 2. The van der Waals surface area contributed by atoms with Crippen molar-refractivity contribution in [2.24, 2.45) is 0 Å². The minimum absolute atomic E-state index is 0.00118. The molecule has 0 bridgehead atoms. The van der Waals surface area contributed by atoms with Gasteiger partial charge in [0, 0.05) is 12.0 Å². The molecule has 0 fully saturated rings. The molecule has 0 saturated heterocycles. The van der Waals surface area contributed by atoms with Crippen molar-refractivity contribution in [3.63, 3.8) is 0 Å². The van der Waals surface area contributed by atoms with Gasteiger partial charge in [-0.25, -0.2) is 9.59 Å². The Morgan fingerprint density at radius 3 is 2.31 bits per heavy atom. The Morgan fingerprint density at radius 1 is 1.12 bits per heavy atom. The predicted molar refractivity (Wildman–Crippen MR) is 112 cm³/mol. The molecule has 170 valence electrons. The van der Waals surface area contributed by atoms with Crippen LogP contribution in [0.4, 0.5) is 0 Å². The fraction of sp³-hybridized carbons (Fsp3) is 0.304. The topological polar surface area (TPSA) is 154 Å². The summed E-state index contributed by atoms with van der Waals surface area (Å²) < 4.78 is 10.2. The van der Waals surface area contributed by atoms with Crippen molar-refractivity contribution in [2.45, 2.75) is 37.6 Å². The third-order valence-electron chi connectivity index (χ3n) is 5.28. The number of phenols is 2. The molecule has 1 heterocycles. The summed E-state index contributed by atoms with van der Waals surface area (Å²) in [7, 11) is 1.10. The monoisotopic (exact) mass is 444 g/mol. The summed E-state index contributed by atoms with van der Waals surface area (Å²) in [5.74, 6) is -3.22. The molecule has 0 radical (unpaired) electrons. The summed E-state index contributed by atoms with van der Waals surface area (Å²) in [5, 5.41) is 50.8. The van der Waals surface area contributed by atoms with Crippen LogP contribution in [-0.4, -0.2) is 55.8 Å². The second kappa shape index (κ2) is 8.18. The number of aromatic hydroxyl groups is 2. The Hall–Kier alpha value is -3.56. The molecule has 9 heteroatoms. The van der Waals surface area contributed by atoms with E-state index in [4.69, 9.17) is 9.47 Å². The predicted octanol–water partition coefficient (Wildman–Crippen LogP) is 1.88. The van der Waals surface area contributed by atoms with Crippen LogP contribution in [0.2, 0.25) is 0 Å². The Labute approximate surface area is 183 Å². The maximum atomic E-state index is 12.9. The Kier molecular flexibility index (Phi) is 5.90. The van der Waals surface area contributed by atoms with Crippen LogP contribution >= 0.6 is 0 Å². The van der Waals surface area contributed by atoms with E-state index < -0.39 is 35.0 Å². The van der Waals surface area contributed by atoms with Crippen LogP contribution in [0.5, 0.6) is 11.5 Å². The van der Waals surface area contributed by atoms with Crippen molar-refractivity contribution < 1.29 is 44.6 Å². The third-order valence-corrected chi connectivity index (χ3v) is 5.28. The summed E-state index contributed by atoms with van der Waals surface area (Å²) in [6, 6.07) is 9.52. The summed E-state index contributed by atoms with van der Waals surface area (Å²) in [4.78, 5) is 25.2. The summed E-state index contributed by atoms with van der Waals surface area (Å²) >= 11 is 0. The lowest BCUT2D eigenvalue weighted by Gasteiger charge is -2.29. The number of esters is 2. The van der Waals surface area contributed by atoms with E-state index in [1.54, 1.807) is 0 Å². The van der Waals surface area contributed by atoms with Gasteiger partial charge in [0.1, 0.15) is 17.6 Å². The molecule has 1 aliphatic heterocycles. The summed E-state index contributed by atoms with van der Waals surface area (Å²) in [6.45, 7) is 2.73. The number of methoxy groups -OCH3 is 1. The molecular weight excluding hydrogens is 420 g/mol. The van der Waals surface area contributed by atoms with Crippen LogP contribution in [0.15, 0.2) is 48.2 Å². The molecule has 0 unspecified atom stereocenters. The standard InChI is InChI=1S/C23H24O9/c1-22(2,30)19(27)15-10-12(4-9-16(15)25)11-23(21(29)31-3)17(18(26)20(28)32-23)13-5-7-14(24)8-6-13/h4-10,19,24-27,30H,11H2,1-3H3/t19-,23-/m1/s1. The largest absolute Gasteiger partial charge is 0.508 e. The number of aliphatic hydroxyl groups is 3. The van der Waals surface area contributed by atoms with Crippen LogP contribution in [0.1, 0.15) is 36.6 Å². The fourth-order valence-electron chi connectivity index (χ4n) is 3.66. The molecule has 0 amide bonds. The van der Waals surface area contributed by atoms with Gasteiger partial charge in [0.15, 0.2) is 0 Å². The molecule has 9 nitrogen and oxygen atoms in total. The van der Waals surface area contributed by atoms with E-state index in [0.717, 1.165) is 7.11 Å². The maximum Gasteiger partial charge on any atom is 0.375 e. The van der Waals surface area contributed by atoms with E-state index in [0.29, 0.717) is 5.56 Å². The van der Waals surface area contributed by atoms with Crippen LogP contribution in [0, 0.1) is 0 Å². The van der Waals surface area contributed by atoms with Gasteiger partial charge in [-0.05, 0) is 49.2 Å². The van der Waals surface area contributed by atoms with Crippen LogP contribution in [0.25, 0.3) is 5.57 Å². The van der Waals surface area contributed by atoms with E-state index in [2.05, 4.69) is 0 Å². The molecule has 0 saturated carbocycles. The molecule has 2 aromatic carbocycles. The van der Waals surface area contributed by atoms with Gasteiger partial charge < -0.3 is 35.0 Å². The summed E-state index contributed by atoms with van der Waals surface area (Å²) in [6.07, 6.45) is -1.76. The first kappa shape index (κ1) is 23.1. The quantitative estimate of drug-likeness (QED) is 0.420. The van der Waals surface area contributed by atoms with Crippen molar-refractivity contribution in [2.75, 3.05) is 7.11 Å². The van der Waals surface area contributed by atoms with Crippen LogP contribution < -0.4 is 0 Å². The Balaban J connectivity index is 2.15. The molecular formula is C23H24O9. The molecule has 0 aromatic heterocycles. The number of rotatable bonds is 6. The first-order valence-electron chi connectivity index (χ1n) is 9.68. The zero-order chi connectivity index (χ0) is 23.8. The minimum atomic E-state index is -2.07. The second-order valence-electron chi connectivity index (χ2n) is 8.10. The molecule has 2 aromatic rings. The van der Waals surface area contributed by atoms with Crippen molar-refractivity contribution in [1.82, 2.24) is 0 Å². The first-order valence-corrected chi connectivity index (χ1v) is 9.68. The van der Waals surface area contributed by atoms with Gasteiger partial charge in [-0.2, -0.15) is 0 Å². The number of carbonyl (C=O) groups is 2. The van der Waals surface area contributed by atoms with E-state index in [9.17, 15) is 35.1 Å². The highest BCUT2D eigenvalue weighted by Gasteiger charge is 2.55. The number of hydrogen-bond acceptors (Lipinski definition) is 9. The highest BCUT2D eigenvalue weighted by molar-refractivity contribution is 6.11. The van der Waals surface area contributed by atoms with Crippen molar-refractivity contribution in [1.29, 1.82) is 0 Å². The minimum Gasteiger partial charge on any atom is -0.508 e. The lowest BCUT2D eigenvalue weighted by Crippen LogP contribution is -2.44. The molecule has 2 atom stereocenters. The van der Waals surface area contributed by atoms with E-state index in [1.165, 1.54) is 56.3 Å². The maximum absolute atomic E-state index is 12.9. The third kappa shape index (κ3) is 4.00. The molecule has 5 N–H and O–H groups in total. The lowest BCUT2D eigenvalue weighted by atomic mass is 9.82. The highest BCUT2D eigenvalue weighted by atomic mass is 16.6. The van der Waals surface area contributed by atoms with Crippen LogP contribution in [0.3, 0.4) is 0 Å². The highest BCUT2D eigenvalue weighted by Crippen LogP contribution is 2.43. The average molecular weight is 444 g/mol. The van der Waals surface area contributed by atoms with E-state index in [-0.39, 0.29) is 34.6 Å². The molecule has 1 aliphatic rings. The number of hydrogen-bond donors (Lipinski definition) is 5. The van der Waals surface area contributed by atoms with Gasteiger partial charge in [0.05, 0.1) is 18.3 Å². The Bertz CT molecular complexity index is 1080. The van der Waals surface area contributed by atoms with Crippen molar-refractivity contribution >= 4 is 17.5 Å². The van der Waals surface area contributed by atoms with Gasteiger partial charge in [-0.1, -0.05) is 18.2 Å². The molecule has 3 rings (SSSR count). The summed E-state index contributed by atoms with van der Waals surface area (Å²) in [5.41, 5.74) is -3.21. The average Bonchev–Trinajstić information content (AvgIpc) is 2.99. The number of cyclic esters (lactones) is 1. The Morgan fingerprint density at radius 2 is 1.75 bits per heavy atom. The number of ether oxygens (including phenoxy) is 2. The lowest BCUT2D eigenvalue weighted by molar-refractivity contribution is -0.169. The molecule has 32 heavy (non-hydrogen) atoms. The molecule has 0 aliphatic carbocycles. The second-order valence-corrected chi connectivity index (χ2v) is 8.10. The van der Waals surface area contributed by atoms with Gasteiger partial charge >= 0.3 is 11.9 Å². The van der Waals surface area contributed by atoms with Gasteiger partial charge in [0.2, 0.25) is 11.4 Å². The number of aliphatic hydroxyl groups excluding tert-OH is 2. The fourth-order valence-corrected chi connectivity index (χ4v) is 3.66. The van der Waals surface area contributed by atoms with Crippen molar-refractivity contribution in [3.8, 4) is 11.5 Å².